The summed E-state index contributed by atoms with van der Waals surface area (Å²) in [7, 11) is 1.71. The molecule has 2 fully saturated rings. The van der Waals surface area contributed by atoms with Gasteiger partial charge in [0.15, 0.2) is 5.96 Å². The lowest BCUT2D eigenvalue weighted by atomic mass is 9.85. The first-order valence-corrected chi connectivity index (χ1v) is 9.62. The zero-order valence-corrected chi connectivity index (χ0v) is 15.9. The molecule has 0 aromatic heterocycles. The highest BCUT2D eigenvalue weighted by Gasteiger charge is 2.58. The van der Waals surface area contributed by atoms with Gasteiger partial charge in [-0.25, -0.2) is 0 Å². The smallest absolute Gasteiger partial charge is 0.233 e. The van der Waals surface area contributed by atoms with Gasteiger partial charge in [-0.2, -0.15) is 0 Å². The fourth-order valence-corrected chi connectivity index (χ4v) is 4.29. The van der Waals surface area contributed by atoms with Crippen LogP contribution in [0.4, 0.5) is 0 Å². The zero-order chi connectivity index (χ0) is 18.7. The molecule has 1 aliphatic heterocycles. The van der Waals surface area contributed by atoms with Crippen LogP contribution in [0.1, 0.15) is 26.7 Å². The predicted molar refractivity (Wildman–Crippen MR) is 99.5 cm³/mol. The highest BCUT2D eigenvalue weighted by Crippen LogP contribution is 2.52. The van der Waals surface area contributed by atoms with Gasteiger partial charge in [-0.3, -0.25) is 19.5 Å². The van der Waals surface area contributed by atoms with E-state index in [4.69, 9.17) is 4.74 Å². The van der Waals surface area contributed by atoms with Crippen molar-refractivity contribution in [2.24, 2.45) is 28.7 Å². The highest BCUT2D eigenvalue weighted by atomic mass is 16.5. The summed E-state index contributed by atoms with van der Waals surface area (Å²) in [5.74, 6) is 0.992. The summed E-state index contributed by atoms with van der Waals surface area (Å²) in [6.45, 7) is 6.39. The van der Waals surface area contributed by atoms with E-state index in [1.165, 1.54) is 4.90 Å². The minimum atomic E-state index is -0.115. The molecule has 0 spiro atoms. The van der Waals surface area contributed by atoms with Crippen molar-refractivity contribution in [2.75, 3.05) is 33.3 Å². The Morgan fingerprint density at radius 2 is 1.81 bits per heavy atom. The van der Waals surface area contributed by atoms with E-state index in [1.807, 2.05) is 13.8 Å². The second kappa shape index (κ2) is 8.20. The predicted octanol–water partition coefficient (Wildman–Crippen LogP) is 0.774. The molecule has 0 aromatic rings. The second-order valence-electron chi connectivity index (χ2n) is 7.53. The second-order valence-corrected chi connectivity index (χ2v) is 7.53. The molecular formula is C19H30N4O3. The quantitative estimate of drug-likeness (QED) is 0.219. The maximum Gasteiger partial charge on any atom is 0.233 e. The summed E-state index contributed by atoms with van der Waals surface area (Å²) in [6.07, 6.45) is 6.34. The lowest BCUT2D eigenvalue weighted by Crippen LogP contribution is -2.44. The van der Waals surface area contributed by atoms with Gasteiger partial charge in [-0.1, -0.05) is 12.2 Å². The third-order valence-electron chi connectivity index (χ3n) is 5.48. The molecular weight excluding hydrogens is 332 g/mol. The number of nitrogens with one attached hydrogen (secondary N) is 2. The van der Waals surface area contributed by atoms with Crippen molar-refractivity contribution in [3.63, 3.8) is 0 Å². The van der Waals surface area contributed by atoms with E-state index in [0.29, 0.717) is 25.7 Å². The Balaban J connectivity index is 1.39. The van der Waals surface area contributed by atoms with Crippen molar-refractivity contribution in [3.05, 3.63) is 12.2 Å². The number of carbonyl (C=O) groups excluding carboxylic acids is 2. The molecule has 26 heavy (non-hydrogen) atoms. The van der Waals surface area contributed by atoms with Crippen molar-refractivity contribution < 1.29 is 14.3 Å². The van der Waals surface area contributed by atoms with Crippen LogP contribution < -0.4 is 10.6 Å². The summed E-state index contributed by atoms with van der Waals surface area (Å²) < 4.78 is 5.50. The fraction of sp³-hybridized carbons (Fsp3) is 0.737. The van der Waals surface area contributed by atoms with Crippen molar-refractivity contribution in [1.82, 2.24) is 15.5 Å². The van der Waals surface area contributed by atoms with Crippen LogP contribution in [0.2, 0.25) is 0 Å². The zero-order valence-electron chi connectivity index (χ0n) is 15.9. The van der Waals surface area contributed by atoms with E-state index < -0.39 is 0 Å². The molecule has 0 radical (unpaired) electrons. The third kappa shape index (κ3) is 3.77. The van der Waals surface area contributed by atoms with E-state index in [0.717, 1.165) is 19.4 Å². The van der Waals surface area contributed by atoms with Gasteiger partial charge in [0.25, 0.3) is 0 Å². The average molecular weight is 362 g/mol. The molecule has 0 aromatic carbocycles. The molecule has 1 heterocycles. The molecule has 2 bridgehead atoms. The van der Waals surface area contributed by atoms with Crippen LogP contribution in [0.3, 0.4) is 0 Å². The molecule has 3 aliphatic rings. The molecule has 144 valence electrons. The van der Waals surface area contributed by atoms with Gasteiger partial charge >= 0.3 is 0 Å². The molecule has 2 aliphatic carbocycles. The number of guanidine groups is 1. The molecule has 2 N–H and O–H groups in total. The van der Waals surface area contributed by atoms with Gasteiger partial charge in [-0.15, -0.1) is 0 Å². The Morgan fingerprint density at radius 3 is 2.38 bits per heavy atom. The van der Waals surface area contributed by atoms with Crippen LogP contribution in [0.25, 0.3) is 0 Å². The van der Waals surface area contributed by atoms with Gasteiger partial charge in [0, 0.05) is 33.3 Å². The van der Waals surface area contributed by atoms with Gasteiger partial charge in [0.1, 0.15) is 0 Å². The number of likely N-dealkylation sites (tertiary alicyclic amines) is 1. The van der Waals surface area contributed by atoms with Gasteiger partial charge < -0.3 is 15.4 Å². The number of ether oxygens (including phenoxy) is 1. The molecule has 7 heteroatoms. The van der Waals surface area contributed by atoms with Gasteiger partial charge in [0.2, 0.25) is 11.8 Å². The Hall–Kier alpha value is -1.89. The normalized spacial score (nSPS) is 29.8. The Labute approximate surface area is 155 Å². The van der Waals surface area contributed by atoms with E-state index in [9.17, 15) is 9.59 Å². The van der Waals surface area contributed by atoms with Crippen molar-refractivity contribution >= 4 is 17.8 Å². The highest BCUT2D eigenvalue weighted by molar-refractivity contribution is 6.06. The van der Waals surface area contributed by atoms with Crippen molar-refractivity contribution in [2.45, 2.75) is 32.8 Å². The first-order chi connectivity index (χ1) is 12.5. The number of amides is 2. The Morgan fingerprint density at radius 1 is 1.19 bits per heavy atom. The number of fused-ring (bicyclic) bond motifs is 5. The summed E-state index contributed by atoms with van der Waals surface area (Å²) in [6, 6.07) is 0. The van der Waals surface area contributed by atoms with E-state index in [-0.39, 0.29) is 41.6 Å². The number of allylic oxidation sites excluding steroid dienone is 2. The molecule has 2 amide bonds. The van der Waals surface area contributed by atoms with Gasteiger partial charge in [0.05, 0.1) is 17.9 Å². The maximum atomic E-state index is 12.6. The Kier molecular flexibility index (Phi) is 5.96. The SMILES string of the molecule is CN=C(NCCCOC(C)C)NCCN1C(=O)C2C3C=CC(C3)C2C1=O. The van der Waals surface area contributed by atoms with Gasteiger partial charge in [-0.05, 0) is 38.5 Å². The van der Waals surface area contributed by atoms with E-state index in [1.54, 1.807) is 7.05 Å². The fourth-order valence-electron chi connectivity index (χ4n) is 4.29. The third-order valence-corrected chi connectivity index (χ3v) is 5.48. The largest absolute Gasteiger partial charge is 0.379 e. The number of imide groups is 1. The van der Waals surface area contributed by atoms with E-state index >= 15 is 0 Å². The minimum absolute atomic E-state index is 0.00688. The number of nitrogens with zero attached hydrogens (tertiary/aromatic N) is 2. The molecule has 1 saturated carbocycles. The van der Waals surface area contributed by atoms with E-state index in [2.05, 4.69) is 27.8 Å². The van der Waals surface area contributed by atoms with Crippen molar-refractivity contribution in [3.8, 4) is 0 Å². The van der Waals surface area contributed by atoms with Crippen LogP contribution >= 0.6 is 0 Å². The number of hydrogen-bond acceptors (Lipinski definition) is 4. The van der Waals surface area contributed by atoms with Crippen LogP contribution in [0.15, 0.2) is 17.1 Å². The number of aliphatic imine (C=N–C) groups is 1. The summed E-state index contributed by atoms with van der Waals surface area (Å²) in [5.41, 5.74) is 0. The van der Waals surface area contributed by atoms with Crippen molar-refractivity contribution in [1.29, 1.82) is 0 Å². The first kappa shape index (κ1) is 18.9. The van der Waals surface area contributed by atoms with Crippen LogP contribution in [0.5, 0.6) is 0 Å². The summed E-state index contributed by atoms with van der Waals surface area (Å²) >= 11 is 0. The minimum Gasteiger partial charge on any atom is -0.379 e. The van der Waals surface area contributed by atoms with Crippen LogP contribution in [0, 0.1) is 23.7 Å². The maximum absolute atomic E-state index is 12.6. The average Bonchev–Trinajstić information content (AvgIpc) is 3.28. The first-order valence-electron chi connectivity index (χ1n) is 9.62. The lowest BCUT2D eigenvalue weighted by molar-refractivity contribution is -0.140. The molecule has 1 saturated heterocycles. The molecule has 7 nitrogen and oxygen atoms in total. The topological polar surface area (TPSA) is 83.0 Å². The Bertz CT molecular complexity index is 572. The number of hydrogen-bond donors (Lipinski definition) is 2. The standard InChI is InChI=1S/C19H30N4O3/c1-12(2)26-10-4-7-21-19(20-3)22-8-9-23-17(24)15-13-5-6-14(11-13)16(15)18(23)25/h5-6,12-16H,4,7-11H2,1-3H3,(H2,20,21,22). The number of rotatable bonds is 8. The summed E-state index contributed by atoms with van der Waals surface area (Å²) in [4.78, 5) is 30.8. The van der Waals surface area contributed by atoms with Crippen LogP contribution in [-0.4, -0.2) is 62.1 Å². The summed E-state index contributed by atoms with van der Waals surface area (Å²) in [5, 5.41) is 6.39. The molecule has 3 rings (SSSR count). The molecule has 4 atom stereocenters. The number of carbonyl (C=O) groups is 2. The lowest BCUT2D eigenvalue weighted by Gasteiger charge is -2.18. The van der Waals surface area contributed by atoms with Crippen LogP contribution in [-0.2, 0) is 14.3 Å². The monoisotopic (exact) mass is 362 g/mol. The molecule has 4 unspecified atom stereocenters.